The Labute approximate surface area is 120 Å². The van der Waals surface area contributed by atoms with Gasteiger partial charge in [-0.05, 0) is 26.7 Å². The van der Waals surface area contributed by atoms with Crippen molar-refractivity contribution in [1.29, 1.82) is 0 Å². The molecular formula is C13H25N7. The SMILES string of the molecule is CCN(CC)c1nc(NN)nc(NC2CCCCC2)n1. The fourth-order valence-corrected chi connectivity index (χ4v) is 2.57. The monoisotopic (exact) mass is 279 g/mol. The van der Waals surface area contributed by atoms with Crippen molar-refractivity contribution in [2.24, 2.45) is 5.84 Å². The van der Waals surface area contributed by atoms with Gasteiger partial charge < -0.3 is 10.2 Å². The van der Waals surface area contributed by atoms with Crippen molar-refractivity contribution < 1.29 is 0 Å². The summed E-state index contributed by atoms with van der Waals surface area (Å²) in [6, 6.07) is 0.460. The molecule has 4 N–H and O–H groups in total. The van der Waals surface area contributed by atoms with Gasteiger partial charge in [0.05, 0.1) is 0 Å². The zero-order valence-electron chi connectivity index (χ0n) is 12.4. The van der Waals surface area contributed by atoms with Crippen LogP contribution in [0.15, 0.2) is 0 Å². The number of nitrogen functional groups attached to an aromatic ring is 1. The predicted molar refractivity (Wildman–Crippen MR) is 81.7 cm³/mol. The average molecular weight is 279 g/mol. The zero-order chi connectivity index (χ0) is 14.4. The minimum Gasteiger partial charge on any atom is -0.351 e. The Morgan fingerprint density at radius 1 is 1.05 bits per heavy atom. The Bertz CT molecular complexity index is 413. The van der Waals surface area contributed by atoms with E-state index in [-0.39, 0.29) is 0 Å². The number of nitrogens with zero attached hydrogens (tertiary/aromatic N) is 4. The molecule has 0 unspecified atom stereocenters. The lowest BCUT2D eigenvalue weighted by Gasteiger charge is -2.24. The summed E-state index contributed by atoms with van der Waals surface area (Å²) in [6.07, 6.45) is 6.23. The first-order valence-electron chi connectivity index (χ1n) is 7.51. The van der Waals surface area contributed by atoms with Gasteiger partial charge in [0.1, 0.15) is 0 Å². The van der Waals surface area contributed by atoms with Crippen LogP contribution in [0.25, 0.3) is 0 Å². The van der Waals surface area contributed by atoms with E-state index in [9.17, 15) is 0 Å². The second-order valence-electron chi connectivity index (χ2n) is 5.08. The Morgan fingerprint density at radius 2 is 1.70 bits per heavy atom. The van der Waals surface area contributed by atoms with Gasteiger partial charge in [-0.15, -0.1) is 0 Å². The van der Waals surface area contributed by atoms with Crippen molar-refractivity contribution in [1.82, 2.24) is 15.0 Å². The van der Waals surface area contributed by atoms with Crippen LogP contribution < -0.4 is 21.5 Å². The molecule has 1 saturated carbocycles. The molecule has 0 saturated heterocycles. The van der Waals surface area contributed by atoms with Crippen LogP contribution in [0.2, 0.25) is 0 Å². The minimum atomic E-state index is 0.403. The lowest BCUT2D eigenvalue weighted by atomic mass is 9.96. The maximum atomic E-state index is 5.45. The molecule has 7 heteroatoms. The summed E-state index contributed by atoms with van der Waals surface area (Å²) in [6.45, 7) is 5.87. The topological polar surface area (TPSA) is 92.0 Å². The van der Waals surface area contributed by atoms with E-state index in [0.717, 1.165) is 13.1 Å². The summed E-state index contributed by atoms with van der Waals surface area (Å²) < 4.78 is 0. The molecule has 20 heavy (non-hydrogen) atoms. The molecule has 7 nitrogen and oxygen atoms in total. The molecule has 0 atom stereocenters. The molecule has 1 fully saturated rings. The molecule has 0 aliphatic heterocycles. The van der Waals surface area contributed by atoms with Crippen LogP contribution in [0, 0.1) is 0 Å². The van der Waals surface area contributed by atoms with Crippen molar-refractivity contribution >= 4 is 17.8 Å². The smallest absolute Gasteiger partial charge is 0.243 e. The highest BCUT2D eigenvalue weighted by Gasteiger charge is 2.16. The Kier molecular flexibility index (Phi) is 5.34. The van der Waals surface area contributed by atoms with Crippen molar-refractivity contribution in [3.63, 3.8) is 0 Å². The zero-order valence-corrected chi connectivity index (χ0v) is 12.4. The number of nitrogens with one attached hydrogen (secondary N) is 2. The third-order valence-corrected chi connectivity index (χ3v) is 3.74. The van der Waals surface area contributed by atoms with E-state index in [1.165, 1.54) is 32.1 Å². The molecule has 1 aromatic heterocycles. The van der Waals surface area contributed by atoms with Gasteiger partial charge in [-0.25, -0.2) is 5.84 Å². The van der Waals surface area contributed by atoms with E-state index in [4.69, 9.17) is 5.84 Å². The van der Waals surface area contributed by atoms with Crippen LogP contribution >= 0.6 is 0 Å². The van der Waals surface area contributed by atoms with Crippen molar-refractivity contribution in [2.45, 2.75) is 52.0 Å². The largest absolute Gasteiger partial charge is 0.351 e. The van der Waals surface area contributed by atoms with E-state index < -0.39 is 0 Å². The van der Waals surface area contributed by atoms with E-state index in [2.05, 4.69) is 44.4 Å². The number of anilines is 3. The van der Waals surface area contributed by atoms with Crippen molar-refractivity contribution in [2.75, 3.05) is 28.7 Å². The van der Waals surface area contributed by atoms with Crippen LogP contribution in [0.1, 0.15) is 46.0 Å². The first kappa shape index (κ1) is 14.8. The maximum absolute atomic E-state index is 5.45. The summed E-state index contributed by atoms with van der Waals surface area (Å²) in [5, 5.41) is 3.41. The Morgan fingerprint density at radius 3 is 2.30 bits per heavy atom. The molecule has 1 aromatic rings. The molecule has 0 radical (unpaired) electrons. The van der Waals surface area contributed by atoms with Crippen LogP contribution in [0.5, 0.6) is 0 Å². The van der Waals surface area contributed by atoms with Crippen molar-refractivity contribution in [3.05, 3.63) is 0 Å². The standard InChI is InChI=1S/C13H25N7/c1-3-20(4-2)13-17-11(16-12(18-13)19-14)15-10-8-6-5-7-9-10/h10H,3-9,14H2,1-2H3,(H2,15,16,17,18,19). The third-order valence-electron chi connectivity index (χ3n) is 3.74. The summed E-state index contributed by atoms with van der Waals surface area (Å²) in [7, 11) is 0. The highest BCUT2D eigenvalue weighted by molar-refractivity contribution is 5.43. The molecule has 0 bridgehead atoms. The van der Waals surface area contributed by atoms with E-state index in [1.807, 2.05) is 0 Å². The Balaban J connectivity index is 2.16. The molecular weight excluding hydrogens is 254 g/mol. The molecule has 112 valence electrons. The van der Waals surface area contributed by atoms with Crippen LogP contribution in [0.3, 0.4) is 0 Å². The lowest BCUT2D eigenvalue weighted by Crippen LogP contribution is -2.28. The fraction of sp³-hybridized carbons (Fsp3) is 0.769. The molecule has 0 amide bonds. The highest BCUT2D eigenvalue weighted by Crippen LogP contribution is 2.21. The fourth-order valence-electron chi connectivity index (χ4n) is 2.57. The minimum absolute atomic E-state index is 0.403. The van der Waals surface area contributed by atoms with Gasteiger partial charge in [-0.2, -0.15) is 15.0 Å². The number of hydrogen-bond acceptors (Lipinski definition) is 7. The summed E-state index contributed by atoms with van der Waals surface area (Å²) in [4.78, 5) is 15.2. The number of nitrogens with two attached hydrogens (primary N) is 1. The molecule has 1 heterocycles. The predicted octanol–water partition coefficient (Wildman–Crippen LogP) is 1.75. The molecule has 0 aromatic carbocycles. The second-order valence-corrected chi connectivity index (χ2v) is 5.08. The van der Waals surface area contributed by atoms with Crippen LogP contribution in [-0.2, 0) is 0 Å². The first-order valence-corrected chi connectivity index (χ1v) is 7.51. The third kappa shape index (κ3) is 3.69. The second kappa shape index (κ2) is 7.23. The normalized spacial score (nSPS) is 15.9. The molecule has 1 aliphatic rings. The molecule has 1 aliphatic carbocycles. The lowest BCUT2D eigenvalue weighted by molar-refractivity contribution is 0.460. The highest BCUT2D eigenvalue weighted by atomic mass is 15.4. The van der Waals surface area contributed by atoms with Crippen LogP contribution in [-0.4, -0.2) is 34.1 Å². The Hall–Kier alpha value is -1.63. The van der Waals surface area contributed by atoms with E-state index in [0.29, 0.717) is 23.9 Å². The van der Waals surface area contributed by atoms with Crippen molar-refractivity contribution in [3.8, 4) is 0 Å². The average Bonchev–Trinajstić information content (AvgIpc) is 2.49. The van der Waals surface area contributed by atoms with Gasteiger partial charge in [0.25, 0.3) is 0 Å². The van der Waals surface area contributed by atoms with E-state index >= 15 is 0 Å². The summed E-state index contributed by atoms with van der Waals surface area (Å²) >= 11 is 0. The van der Waals surface area contributed by atoms with Crippen LogP contribution in [0.4, 0.5) is 17.8 Å². The first-order chi connectivity index (χ1) is 9.76. The van der Waals surface area contributed by atoms with E-state index in [1.54, 1.807) is 0 Å². The van der Waals surface area contributed by atoms with Gasteiger partial charge >= 0.3 is 0 Å². The summed E-state index contributed by atoms with van der Waals surface area (Å²) in [5.41, 5.74) is 2.52. The van der Waals surface area contributed by atoms with Gasteiger partial charge in [0, 0.05) is 19.1 Å². The number of rotatable bonds is 6. The maximum Gasteiger partial charge on any atom is 0.243 e. The number of hydrogen-bond donors (Lipinski definition) is 3. The molecule has 0 spiro atoms. The quantitative estimate of drug-likeness (QED) is 0.539. The van der Waals surface area contributed by atoms with Gasteiger partial charge in [0.15, 0.2) is 0 Å². The number of hydrazine groups is 1. The van der Waals surface area contributed by atoms with Gasteiger partial charge in [0.2, 0.25) is 17.8 Å². The van der Waals surface area contributed by atoms with Gasteiger partial charge in [-0.3, -0.25) is 5.43 Å². The summed E-state index contributed by atoms with van der Waals surface area (Å²) in [5.74, 6) is 7.13. The molecule has 2 rings (SSSR count). The van der Waals surface area contributed by atoms with Gasteiger partial charge in [-0.1, -0.05) is 19.3 Å². The number of aromatic nitrogens is 3.